The van der Waals surface area contributed by atoms with Crippen LogP contribution in [0.2, 0.25) is 0 Å². The molecule has 0 saturated heterocycles. The minimum atomic E-state index is -0.812. The molecule has 0 aliphatic carbocycles. The zero-order chi connectivity index (χ0) is 47.2. The molecule has 0 aromatic carbocycles. The van der Waals surface area contributed by atoms with Crippen molar-refractivity contribution < 1.29 is 28.6 Å². The molecule has 6 heteroatoms. The summed E-state index contributed by atoms with van der Waals surface area (Å²) >= 11 is 0. The first kappa shape index (κ1) is 61.3. The Labute approximate surface area is 400 Å². The second kappa shape index (κ2) is 52.9. The Morgan fingerprint density at radius 3 is 1.00 bits per heavy atom. The third-order valence-electron chi connectivity index (χ3n) is 11.1. The van der Waals surface area contributed by atoms with Gasteiger partial charge in [-0.15, -0.1) is 0 Å². The standard InChI is InChI=1S/C59H98O6/c1-4-7-10-13-16-19-22-25-27-29-30-31-33-34-37-40-43-46-49-52-58(61)64-55-56(54-63-57(60)51-48-45-42-39-36-24-21-18-15-12-9-6-3)65-59(62)53-50-47-44-41-38-35-32-28-26-23-20-17-14-11-8-5-2/h8-9,11-12,17-18,20-21,26,28-30,35-36,38-39,56H,4-7,10,13-16,19,22-25,27,31-34,37,40-55H2,1-3H3/b11-8-,12-9-,20-17-,21-18-,28-26-,30-29-,38-35-,39-36-. The molecule has 65 heavy (non-hydrogen) atoms. The van der Waals surface area contributed by atoms with Gasteiger partial charge in [0.05, 0.1) is 0 Å². The third kappa shape index (κ3) is 51.2. The lowest BCUT2D eigenvalue weighted by atomic mass is 10.1. The highest BCUT2D eigenvalue weighted by molar-refractivity contribution is 5.71. The number of carbonyl (C=O) groups is 3. The summed E-state index contributed by atoms with van der Waals surface area (Å²) < 4.78 is 16.7. The van der Waals surface area contributed by atoms with E-state index in [1.165, 1.54) is 89.9 Å². The van der Waals surface area contributed by atoms with Crippen molar-refractivity contribution in [3.8, 4) is 0 Å². The SMILES string of the molecule is CC/C=C\C/C=C\C/C=C\C/C=C\CCCCCC(=O)OC(COC(=O)CCCC/C=C\C/C=C\C/C=C\CC)COC(=O)CCCCCCCCC/C=C\CCCCCCCCCC. The van der Waals surface area contributed by atoms with Crippen LogP contribution >= 0.6 is 0 Å². The van der Waals surface area contributed by atoms with Gasteiger partial charge in [-0.3, -0.25) is 14.4 Å². The van der Waals surface area contributed by atoms with Crippen molar-refractivity contribution in [1.82, 2.24) is 0 Å². The molecule has 0 spiro atoms. The fraction of sp³-hybridized carbons (Fsp3) is 0.678. The molecule has 0 rings (SSSR count). The molecule has 0 fully saturated rings. The van der Waals surface area contributed by atoms with Crippen molar-refractivity contribution in [2.45, 2.75) is 245 Å². The van der Waals surface area contributed by atoms with E-state index in [0.29, 0.717) is 12.8 Å². The van der Waals surface area contributed by atoms with Crippen LogP contribution in [0.25, 0.3) is 0 Å². The van der Waals surface area contributed by atoms with E-state index in [2.05, 4.69) is 118 Å². The zero-order valence-corrected chi connectivity index (χ0v) is 42.2. The minimum Gasteiger partial charge on any atom is -0.462 e. The molecule has 0 heterocycles. The maximum Gasteiger partial charge on any atom is 0.306 e. The van der Waals surface area contributed by atoms with Crippen molar-refractivity contribution in [2.75, 3.05) is 13.2 Å². The van der Waals surface area contributed by atoms with E-state index < -0.39 is 6.10 Å². The number of rotatable bonds is 47. The van der Waals surface area contributed by atoms with E-state index in [1.807, 2.05) is 0 Å². The van der Waals surface area contributed by atoms with Crippen molar-refractivity contribution in [3.63, 3.8) is 0 Å². The average molecular weight is 903 g/mol. The molecule has 0 aliphatic heterocycles. The molecule has 0 aliphatic rings. The molecule has 0 aromatic heterocycles. The van der Waals surface area contributed by atoms with Gasteiger partial charge in [-0.1, -0.05) is 201 Å². The van der Waals surface area contributed by atoms with Crippen LogP contribution in [0.5, 0.6) is 0 Å². The molecule has 0 N–H and O–H groups in total. The lowest BCUT2D eigenvalue weighted by Gasteiger charge is -2.18. The summed E-state index contributed by atoms with van der Waals surface area (Å²) in [4.78, 5) is 38.0. The number of carbonyl (C=O) groups excluding carboxylic acids is 3. The zero-order valence-electron chi connectivity index (χ0n) is 42.2. The second-order valence-electron chi connectivity index (χ2n) is 17.4. The highest BCUT2D eigenvalue weighted by Gasteiger charge is 2.19. The van der Waals surface area contributed by atoms with Gasteiger partial charge in [0.1, 0.15) is 13.2 Å². The van der Waals surface area contributed by atoms with Crippen LogP contribution in [0.4, 0.5) is 0 Å². The molecule has 0 amide bonds. The van der Waals surface area contributed by atoms with Crippen LogP contribution in [0, 0.1) is 0 Å². The van der Waals surface area contributed by atoms with Crippen molar-refractivity contribution in [3.05, 3.63) is 97.2 Å². The Hall–Kier alpha value is -3.67. The summed E-state index contributed by atoms with van der Waals surface area (Å²) in [6.07, 6.45) is 69.7. The monoisotopic (exact) mass is 903 g/mol. The number of allylic oxidation sites excluding steroid dienone is 16. The van der Waals surface area contributed by atoms with Crippen LogP contribution in [0.1, 0.15) is 239 Å². The molecule has 0 bridgehead atoms. The Bertz CT molecular complexity index is 1310. The molecule has 0 aromatic rings. The van der Waals surface area contributed by atoms with Gasteiger partial charge in [-0.2, -0.15) is 0 Å². The van der Waals surface area contributed by atoms with Gasteiger partial charge in [0.2, 0.25) is 0 Å². The highest BCUT2D eigenvalue weighted by atomic mass is 16.6. The molecule has 1 atom stereocenters. The van der Waals surface area contributed by atoms with E-state index in [4.69, 9.17) is 14.2 Å². The number of hydrogen-bond donors (Lipinski definition) is 0. The molecule has 0 radical (unpaired) electrons. The third-order valence-corrected chi connectivity index (χ3v) is 11.1. The first-order chi connectivity index (χ1) is 32.0. The summed E-state index contributed by atoms with van der Waals surface area (Å²) in [7, 11) is 0. The van der Waals surface area contributed by atoms with Crippen LogP contribution in [-0.2, 0) is 28.6 Å². The summed E-state index contributed by atoms with van der Waals surface area (Å²) in [5.41, 5.74) is 0. The van der Waals surface area contributed by atoms with Gasteiger partial charge in [0, 0.05) is 19.3 Å². The van der Waals surface area contributed by atoms with Crippen molar-refractivity contribution in [1.29, 1.82) is 0 Å². The Morgan fingerprint density at radius 2 is 0.600 bits per heavy atom. The van der Waals surface area contributed by atoms with E-state index in [9.17, 15) is 14.4 Å². The van der Waals surface area contributed by atoms with Crippen LogP contribution < -0.4 is 0 Å². The van der Waals surface area contributed by atoms with Gasteiger partial charge in [0.25, 0.3) is 0 Å². The molecule has 6 nitrogen and oxygen atoms in total. The number of ether oxygens (including phenoxy) is 3. The van der Waals surface area contributed by atoms with Gasteiger partial charge in [-0.25, -0.2) is 0 Å². The normalized spacial score (nSPS) is 12.8. The first-order valence-electron chi connectivity index (χ1n) is 26.7. The van der Waals surface area contributed by atoms with Crippen molar-refractivity contribution >= 4 is 17.9 Å². The Morgan fingerprint density at radius 1 is 0.323 bits per heavy atom. The van der Waals surface area contributed by atoms with Gasteiger partial charge in [-0.05, 0) is 116 Å². The Kier molecular flexibility index (Phi) is 50.0. The van der Waals surface area contributed by atoms with Crippen LogP contribution in [-0.4, -0.2) is 37.2 Å². The van der Waals surface area contributed by atoms with E-state index in [0.717, 1.165) is 109 Å². The van der Waals surface area contributed by atoms with Gasteiger partial charge >= 0.3 is 17.9 Å². The Balaban J connectivity index is 4.45. The summed E-state index contributed by atoms with van der Waals surface area (Å²) in [5.74, 6) is -0.984. The van der Waals surface area contributed by atoms with Crippen LogP contribution in [0.3, 0.4) is 0 Å². The summed E-state index contributed by atoms with van der Waals surface area (Å²) in [6.45, 7) is 6.34. The summed E-state index contributed by atoms with van der Waals surface area (Å²) in [5, 5.41) is 0. The number of esters is 3. The highest BCUT2D eigenvalue weighted by Crippen LogP contribution is 2.14. The lowest BCUT2D eigenvalue weighted by molar-refractivity contribution is -0.167. The number of hydrogen-bond acceptors (Lipinski definition) is 6. The van der Waals surface area contributed by atoms with Crippen LogP contribution in [0.15, 0.2) is 97.2 Å². The fourth-order valence-corrected chi connectivity index (χ4v) is 7.09. The first-order valence-corrected chi connectivity index (χ1v) is 26.7. The van der Waals surface area contributed by atoms with E-state index in [1.54, 1.807) is 0 Å². The maximum absolute atomic E-state index is 12.8. The van der Waals surface area contributed by atoms with E-state index >= 15 is 0 Å². The van der Waals surface area contributed by atoms with Gasteiger partial charge in [0.15, 0.2) is 6.10 Å². The second-order valence-corrected chi connectivity index (χ2v) is 17.4. The quantitative estimate of drug-likeness (QED) is 0.0262. The van der Waals surface area contributed by atoms with Gasteiger partial charge < -0.3 is 14.2 Å². The largest absolute Gasteiger partial charge is 0.462 e. The minimum absolute atomic E-state index is 0.106. The number of unbranched alkanes of at least 4 members (excludes halogenated alkanes) is 20. The topological polar surface area (TPSA) is 78.9 Å². The van der Waals surface area contributed by atoms with E-state index in [-0.39, 0.29) is 37.5 Å². The molecule has 370 valence electrons. The summed E-state index contributed by atoms with van der Waals surface area (Å²) in [6, 6.07) is 0. The predicted octanol–water partition coefficient (Wildman–Crippen LogP) is 17.8. The molecular formula is C59H98O6. The lowest BCUT2D eigenvalue weighted by Crippen LogP contribution is -2.30. The molecule has 1 unspecified atom stereocenters. The molecule has 0 saturated carbocycles. The smallest absolute Gasteiger partial charge is 0.306 e. The van der Waals surface area contributed by atoms with Crippen molar-refractivity contribution in [2.24, 2.45) is 0 Å². The predicted molar refractivity (Wildman–Crippen MR) is 279 cm³/mol. The fourth-order valence-electron chi connectivity index (χ4n) is 7.09. The maximum atomic E-state index is 12.8. The molecular weight excluding hydrogens is 805 g/mol. The average Bonchev–Trinajstić information content (AvgIpc) is 3.30.